The van der Waals surface area contributed by atoms with Crippen LogP contribution in [0.2, 0.25) is 25.7 Å². The van der Waals surface area contributed by atoms with Gasteiger partial charge in [-0.15, -0.1) is 0 Å². The maximum Gasteiger partial charge on any atom is 0.145 e. The maximum absolute atomic E-state index is 5.89. The van der Waals surface area contributed by atoms with Crippen LogP contribution in [0, 0.1) is 0 Å². The Morgan fingerprint density at radius 3 is 2.81 bits per heavy atom. The highest BCUT2D eigenvalue weighted by atomic mass is 28.3. The van der Waals surface area contributed by atoms with Gasteiger partial charge in [-0.25, -0.2) is 9.97 Å². The predicted molar refractivity (Wildman–Crippen MR) is 115 cm³/mol. The van der Waals surface area contributed by atoms with E-state index in [4.69, 9.17) is 4.74 Å². The number of aromatic nitrogens is 3. The molecular formula is C21H28N4OSi. The fourth-order valence-corrected chi connectivity index (χ4v) is 3.68. The molecule has 0 amide bonds. The second-order valence-electron chi connectivity index (χ2n) is 7.94. The molecule has 142 valence electrons. The Balaban J connectivity index is 1.81. The molecule has 0 N–H and O–H groups in total. The smallest absolute Gasteiger partial charge is 0.145 e. The highest BCUT2D eigenvalue weighted by molar-refractivity contribution is 6.76. The van der Waals surface area contributed by atoms with Crippen molar-refractivity contribution < 1.29 is 4.74 Å². The molecule has 1 aromatic carbocycles. The van der Waals surface area contributed by atoms with Crippen LogP contribution in [0.15, 0.2) is 47.8 Å². The van der Waals surface area contributed by atoms with Crippen LogP contribution in [-0.2, 0) is 17.9 Å². The molecule has 0 aliphatic rings. The van der Waals surface area contributed by atoms with Gasteiger partial charge in [0.1, 0.15) is 18.7 Å². The molecule has 3 aromatic rings. The normalized spacial score (nSPS) is 12.3. The first-order valence-corrected chi connectivity index (χ1v) is 13.1. The van der Waals surface area contributed by atoms with E-state index in [9.17, 15) is 0 Å². The van der Waals surface area contributed by atoms with Gasteiger partial charge in [0, 0.05) is 51.5 Å². The Bertz CT molecular complexity index is 927. The minimum absolute atomic E-state index is 0.525. The van der Waals surface area contributed by atoms with Gasteiger partial charge in [0.25, 0.3) is 0 Å². The quantitative estimate of drug-likeness (QED) is 0.325. The molecular weight excluding hydrogens is 352 g/mol. The summed E-state index contributed by atoms with van der Waals surface area (Å²) in [6.07, 6.45) is 6.41. The van der Waals surface area contributed by atoms with Crippen molar-refractivity contribution in [2.45, 2.75) is 38.8 Å². The van der Waals surface area contributed by atoms with Gasteiger partial charge in [-0.2, -0.15) is 0 Å². The summed E-state index contributed by atoms with van der Waals surface area (Å²) in [4.78, 5) is 13.1. The molecule has 0 radical (unpaired) electrons. The zero-order valence-electron chi connectivity index (χ0n) is 16.6. The maximum atomic E-state index is 5.89. The molecule has 0 fully saturated rings. The topological polar surface area (TPSA) is 52.3 Å². The number of benzene rings is 1. The average Bonchev–Trinajstić information content (AvgIpc) is 3.06. The van der Waals surface area contributed by atoms with Gasteiger partial charge in [-0.3, -0.25) is 0 Å². The largest absolute Gasteiger partial charge is 0.361 e. The van der Waals surface area contributed by atoms with Crippen LogP contribution in [0.1, 0.15) is 5.56 Å². The van der Waals surface area contributed by atoms with Crippen molar-refractivity contribution in [2.75, 3.05) is 13.7 Å². The van der Waals surface area contributed by atoms with Crippen LogP contribution in [0.3, 0.4) is 0 Å². The molecule has 0 bridgehead atoms. The lowest BCUT2D eigenvalue weighted by atomic mass is 10.0. The summed E-state index contributed by atoms with van der Waals surface area (Å²) >= 11 is 0. The first kappa shape index (κ1) is 19.4. The average molecular weight is 381 g/mol. The monoisotopic (exact) mass is 380 g/mol. The van der Waals surface area contributed by atoms with Crippen LogP contribution in [-0.4, -0.2) is 42.5 Å². The molecule has 0 saturated heterocycles. The zero-order valence-corrected chi connectivity index (χ0v) is 17.6. The molecule has 2 aromatic heterocycles. The Labute approximate surface area is 162 Å². The van der Waals surface area contributed by atoms with E-state index in [-0.39, 0.29) is 0 Å². The summed E-state index contributed by atoms with van der Waals surface area (Å²) in [7, 11) is 0.728. The molecule has 0 unspecified atom stereocenters. The fourth-order valence-electron chi connectivity index (χ4n) is 2.92. The number of ether oxygens (including phenoxy) is 1. The summed E-state index contributed by atoms with van der Waals surface area (Å²) in [6, 6.07) is 11.7. The van der Waals surface area contributed by atoms with Gasteiger partial charge in [0.15, 0.2) is 0 Å². The van der Waals surface area contributed by atoms with Crippen LogP contribution in [0.4, 0.5) is 0 Å². The molecule has 0 atom stereocenters. The highest BCUT2D eigenvalue weighted by Crippen LogP contribution is 2.26. The Morgan fingerprint density at radius 2 is 2.04 bits per heavy atom. The van der Waals surface area contributed by atoms with E-state index >= 15 is 0 Å². The van der Waals surface area contributed by atoms with Crippen LogP contribution in [0.25, 0.3) is 22.3 Å². The van der Waals surface area contributed by atoms with E-state index in [1.54, 1.807) is 13.4 Å². The van der Waals surface area contributed by atoms with Crippen LogP contribution >= 0.6 is 0 Å². The van der Waals surface area contributed by atoms with Crippen molar-refractivity contribution >= 4 is 25.3 Å². The third-order valence-electron chi connectivity index (χ3n) is 4.49. The van der Waals surface area contributed by atoms with Gasteiger partial charge < -0.3 is 14.3 Å². The number of fused-ring (bicyclic) bond motifs is 1. The second kappa shape index (κ2) is 8.58. The molecule has 0 saturated carbocycles. The van der Waals surface area contributed by atoms with Crippen molar-refractivity contribution in [3.63, 3.8) is 0 Å². The lowest BCUT2D eigenvalue weighted by Gasteiger charge is -2.15. The third-order valence-corrected chi connectivity index (χ3v) is 6.20. The summed E-state index contributed by atoms with van der Waals surface area (Å²) in [5.74, 6) is 0. The molecule has 0 spiro atoms. The van der Waals surface area contributed by atoms with E-state index in [1.165, 1.54) is 11.6 Å². The van der Waals surface area contributed by atoms with Crippen molar-refractivity contribution in [3.05, 3.63) is 48.4 Å². The number of rotatable bonds is 8. The molecule has 0 aliphatic carbocycles. The van der Waals surface area contributed by atoms with E-state index in [0.717, 1.165) is 35.3 Å². The number of aliphatic imine (C=N–C) groups is 1. The van der Waals surface area contributed by atoms with Crippen molar-refractivity contribution in [3.8, 4) is 11.3 Å². The fraction of sp³-hybridized carbons (Fsp3) is 0.381. The summed E-state index contributed by atoms with van der Waals surface area (Å²) < 4.78 is 7.95. The Hall–Kier alpha value is -2.31. The Kier molecular flexibility index (Phi) is 6.18. The lowest BCUT2D eigenvalue weighted by molar-refractivity contribution is 0.0899. The molecule has 5 nitrogen and oxygen atoms in total. The minimum atomic E-state index is -1.07. The van der Waals surface area contributed by atoms with E-state index in [2.05, 4.69) is 69.5 Å². The van der Waals surface area contributed by atoms with Crippen LogP contribution in [0.5, 0.6) is 0 Å². The van der Waals surface area contributed by atoms with Crippen molar-refractivity contribution in [1.29, 1.82) is 0 Å². The second-order valence-corrected chi connectivity index (χ2v) is 13.6. The third kappa shape index (κ3) is 5.11. The van der Waals surface area contributed by atoms with Crippen LogP contribution < -0.4 is 0 Å². The summed E-state index contributed by atoms with van der Waals surface area (Å²) in [5, 5.41) is 1.05. The molecule has 0 aliphatic heterocycles. The predicted octanol–water partition coefficient (Wildman–Crippen LogP) is 4.65. The standard InChI is InChI=1S/C21H28N4OSi/c1-22-10-8-17-6-5-7-18(14-17)20-19-9-11-25(21(19)24-15-23-20)16-26-12-13-27(2,3)4/h5-7,9-11,14-15H,8,12-13,16H2,1-4H3. The van der Waals surface area contributed by atoms with E-state index < -0.39 is 8.07 Å². The van der Waals surface area contributed by atoms with E-state index in [1.807, 2.05) is 12.4 Å². The molecule has 3 rings (SSSR count). The van der Waals surface area contributed by atoms with Gasteiger partial charge in [-0.05, 0) is 23.7 Å². The number of hydrogen-bond donors (Lipinski definition) is 0. The molecule has 27 heavy (non-hydrogen) atoms. The van der Waals surface area contributed by atoms with Gasteiger partial charge in [-0.1, -0.05) is 37.8 Å². The first-order valence-electron chi connectivity index (χ1n) is 9.35. The summed E-state index contributed by atoms with van der Waals surface area (Å²) in [6.45, 7) is 8.41. The molecule has 2 heterocycles. The minimum Gasteiger partial charge on any atom is -0.361 e. The highest BCUT2D eigenvalue weighted by Gasteiger charge is 2.13. The van der Waals surface area contributed by atoms with Crippen molar-refractivity contribution in [1.82, 2.24) is 14.5 Å². The van der Waals surface area contributed by atoms with Crippen molar-refractivity contribution in [2.24, 2.45) is 4.99 Å². The lowest BCUT2D eigenvalue weighted by Crippen LogP contribution is -2.22. The van der Waals surface area contributed by atoms with E-state index in [0.29, 0.717) is 6.73 Å². The molecule has 6 heteroatoms. The van der Waals surface area contributed by atoms with Gasteiger partial charge >= 0.3 is 0 Å². The number of nitrogens with zero attached hydrogens (tertiary/aromatic N) is 4. The van der Waals surface area contributed by atoms with Gasteiger partial charge in [0.2, 0.25) is 0 Å². The number of hydrogen-bond acceptors (Lipinski definition) is 4. The Morgan fingerprint density at radius 1 is 1.19 bits per heavy atom. The SMILES string of the molecule is CN=CCc1cccc(-c2ncnc3c2ccn3COCC[Si](C)(C)C)c1. The van der Waals surface area contributed by atoms with Gasteiger partial charge in [0.05, 0.1) is 5.69 Å². The zero-order chi connectivity index (χ0) is 19.3. The first-order chi connectivity index (χ1) is 13.0. The summed E-state index contributed by atoms with van der Waals surface area (Å²) in [5.41, 5.74) is 4.19.